The molecule has 0 bridgehead atoms. The monoisotopic (exact) mass is 160 g/mol. The van der Waals surface area contributed by atoms with Crippen LogP contribution in [0, 0.1) is 12.3 Å². The molecule has 0 atom stereocenters. The minimum absolute atomic E-state index is 0. The quantitative estimate of drug-likeness (QED) is 0.481. The lowest BCUT2D eigenvalue weighted by molar-refractivity contribution is 0.533. The average Bonchev–Trinajstić information content (AvgIpc) is 2.13. The Bertz CT molecular complexity index is 231. The van der Waals surface area contributed by atoms with Crippen LogP contribution in [0.4, 0.5) is 0 Å². The highest BCUT2D eigenvalue weighted by Gasteiger charge is 2.01. The van der Waals surface area contributed by atoms with Crippen LogP contribution in [-0.4, -0.2) is 5.84 Å². The molecule has 1 heterocycles. The Balaban J connectivity index is 0.000000810. The zero-order valence-electron chi connectivity index (χ0n) is 5.55. The van der Waals surface area contributed by atoms with Crippen LogP contribution in [0.5, 0.6) is 0 Å². The molecular weight excluding hydrogens is 152 g/mol. The van der Waals surface area contributed by atoms with Gasteiger partial charge in [0.2, 0.25) is 0 Å². The van der Waals surface area contributed by atoms with Crippen molar-refractivity contribution in [3.63, 3.8) is 0 Å². The molecule has 0 unspecified atom stereocenters. The van der Waals surface area contributed by atoms with Crippen molar-refractivity contribution in [3.8, 4) is 0 Å². The van der Waals surface area contributed by atoms with Crippen molar-refractivity contribution in [2.24, 2.45) is 5.73 Å². The third kappa shape index (κ3) is 1.51. The van der Waals surface area contributed by atoms with Crippen LogP contribution < -0.4 is 5.73 Å². The van der Waals surface area contributed by atoms with Gasteiger partial charge in [-0.3, -0.25) is 5.41 Å². The van der Waals surface area contributed by atoms with Gasteiger partial charge >= 0.3 is 0 Å². The van der Waals surface area contributed by atoms with Crippen molar-refractivity contribution in [3.05, 3.63) is 23.7 Å². The van der Waals surface area contributed by atoms with E-state index < -0.39 is 0 Å². The van der Waals surface area contributed by atoms with E-state index in [0.717, 1.165) is 0 Å². The van der Waals surface area contributed by atoms with Crippen LogP contribution in [0.2, 0.25) is 0 Å². The predicted octanol–water partition coefficient (Wildman–Crippen LogP) is 1.29. The molecule has 0 aliphatic carbocycles. The Morgan fingerprint density at radius 2 is 2.30 bits per heavy atom. The normalized spacial score (nSPS) is 8.50. The Morgan fingerprint density at radius 1 is 1.70 bits per heavy atom. The molecule has 3 nitrogen and oxygen atoms in total. The molecular formula is C6H9ClN2O. The highest BCUT2D eigenvalue weighted by molar-refractivity contribution is 5.95. The summed E-state index contributed by atoms with van der Waals surface area (Å²) in [6, 6.07) is 1.68. The highest BCUT2D eigenvalue weighted by atomic mass is 35.5. The topological polar surface area (TPSA) is 63.0 Å². The summed E-state index contributed by atoms with van der Waals surface area (Å²) in [5.74, 6) is 0.753. The number of nitrogens with one attached hydrogen (secondary N) is 1. The number of nitrogens with two attached hydrogens (primary N) is 1. The van der Waals surface area contributed by atoms with Crippen LogP contribution in [0.3, 0.4) is 0 Å². The van der Waals surface area contributed by atoms with E-state index in [9.17, 15) is 0 Å². The smallest absolute Gasteiger partial charge is 0.126 e. The minimum atomic E-state index is 0. The molecule has 1 rings (SSSR count). The summed E-state index contributed by atoms with van der Waals surface area (Å²) in [5, 5.41) is 7.01. The first-order valence-electron chi connectivity index (χ1n) is 2.60. The first kappa shape index (κ1) is 9.04. The van der Waals surface area contributed by atoms with Crippen molar-refractivity contribution < 1.29 is 4.42 Å². The molecule has 0 spiro atoms. The summed E-state index contributed by atoms with van der Waals surface area (Å²) in [6.45, 7) is 1.77. The zero-order valence-corrected chi connectivity index (χ0v) is 6.37. The van der Waals surface area contributed by atoms with E-state index in [0.29, 0.717) is 11.3 Å². The van der Waals surface area contributed by atoms with Gasteiger partial charge in [0.15, 0.2) is 0 Å². The number of nitrogen functional groups attached to an aromatic ring is 1. The fraction of sp³-hybridized carbons (Fsp3) is 0.167. The molecule has 3 N–H and O–H groups in total. The number of hydrogen-bond donors (Lipinski definition) is 2. The van der Waals surface area contributed by atoms with Crippen LogP contribution >= 0.6 is 12.4 Å². The summed E-state index contributed by atoms with van der Waals surface area (Å²) in [6.07, 6.45) is 1.52. The molecule has 1 aromatic heterocycles. The Hall–Kier alpha value is -0.960. The summed E-state index contributed by atoms with van der Waals surface area (Å²) in [4.78, 5) is 0. The van der Waals surface area contributed by atoms with Gasteiger partial charge in [0, 0.05) is 0 Å². The molecule has 1 aromatic rings. The van der Waals surface area contributed by atoms with Crippen molar-refractivity contribution in [1.82, 2.24) is 0 Å². The number of amidine groups is 1. The molecule has 0 saturated carbocycles. The van der Waals surface area contributed by atoms with E-state index in [1.807, 2.05) is 0 Å². The maximum absolute atomic E-state index is 7.01. The summed E-state index contributed by atoms with van der Waals surface area (Å²) in [7, 11) is 0. The van der Waals surface area contributed by atoms with Gasteiger partial charge < -0.3 is 10.2 Å². The van der Waals surface area contributed by atoms with Gasteiger partial charge in [-0.05, 0) is 13.0 Å². The van der Waals surface area contributed by atoms with E-state index in [1.165, 1.54) is 6.26 Å². The van der Waals surface area contributed by atoms with Crippen LogP contribution in [0.1, 0.15) is 11.3 Å². The van der Waals surface area contributed by atoms with Gasteiger partial charge in [0.05, 0.1) is 11.8 Å². The second kappa shape index (κ2) is 3.27. The van der Waals surface area contributed by atoms with Gasteiger partial charge in [-0.15, -0.1) is 12.4 Å². The second-order valence-corrected chi connectivity index (χ2v) is 1.80. The second-order valence-electron chi connectivity index (χ2n) is 1.80. The van der Waals surface area contributed by atoms with Crippen LogP contribution in [0.15, 0.2) is 16.7 Å². The Labute approximate surface area is 65.1 Å². The molecule has 0 amide bonds. The largest absolute Gasteiger partial charge is 0.469 e. The third-order valence-electron chi connectivity index (χ3n) is 1.15. The summed E-state index contributed by atoms with van der Waals surface area (Å²) in [5.41, 5.74) is 5.86. The fourth-order valence-electron chi connectivity index (χ4n) is 0.664. The van der Waals surface area contributed by atoms with Crippen molar-refractivity contribution in [1.29, 1.82) is 5.41 Å². The van der Waals surface area contributed by atoms with Crippen LogP contribution in [0.25, 0.3) is 0 Å². The highest BCUT2D eigenvalue weighted by Crippen LogP contribution is 2.06. The van der Waals surface area contributed by atoms with Crippen molar-refractivity contribution in [2.45, 2.75) is 6.92 Å². The van der Waals surface area contributed by atoms with Gasteiger partial charge in [-0.2, -0.15) is 0 Å². The van der Waals surface area contributed by atoms with Crippen molar-refractivity contribution in [2.75, 3.05) is 0 Å². The lowest BCUT2D eigenvalue weighted by Gasteiger charge is -1.90. The number of hydrogen-bond acceptors (Lipinski definition) is 2. The molecule has 0 aliphatic rings. The van der Waals surface area contributed by atoms with E-state index in [4.69, 9.17) is 15.6 Å². The number of halogens is 1. The van der Waals surface area contributed by atoms with E-state index in [1.54, 1.807) is 13.0 Å². The van der Waals surface area contributed by atoms with Gasteiger partial charge in [-0.25, -0.2) is 0 Å². The number of rotatable bonds is 1. The van der Waals surface area contributed by atoms with Crippen molar-refractivity contribution >= 4 is 18.2 Å². The lowest BCUT2D eigenvalue weighted by Crippen LogP contribution is -2.10. The minimum Gasteiger partial charge on any atom is -0.469 e. The molecule has 4 heteroatoms. The standard InChI is InChI=1S/C6H8N2O.ClH/c1-4-5(6(7)8)2-3-9-4;/h2-3H,1H3,(H3,7,8);1H. The average molecular weight is 161 g/mol. The van der Waals surface area contributed by atoms with E-state index in [2.05, 4.69) is 0 Å². The number of aryl methyl sites for hydroxylation is 1. The molecule has 10 heavy (non-hydrogen) atoms. The Morgan fingerprint density at radius 3 is 2.50 bits per heavy atom. The van der Waals surface area contributed by atoms with E-state index >= 15 is 0 Å². The molecule has 0 aliphatic heterocycles. The summed E-state index contributed by atoms with van der Waals surface area (Å²) < 4.78 is 4.90. The third-order valence-corrected chi connectivity index (χ3v) is 1.15. The Kier molecular flexibility index (Phi) is 2.96. The molecule has 0 saturated heterocycles. The fourth-order valence-corrected chi connectivity index (χ4v) is 0.664. The number of furan rings is 1. The molecule has 0 fully saturated rings. The first-order chi connectivity index (χ1) is 4.22. The molecule has 0 aromatic carbocycles. The maximum Gasteiger partial charge on any atom is 0.126 e. The molecule has 0 radical (unpaired) electrons. The summed E-state index contributed by atoms with van der Waals surface area (Å²) >= 11 is 0. The lowest BCUT2D eigenvalue weighted by atomic mass is 10.2. The van der Waals surface area contributed by atoms with E-state index in [-0.39, 0.29) is 18.2 Å². The maximum atomic E-state index is 7.01. The molecule has 56 valence electrons. The SMILES string of the molecule is Cc1occc1C(=N)N.Cl. The first-order valence-corrected chi connectivity index (χ1v) is 2.60. The van der Waals surface area contributed by atoms with Crippen LogP contribution in [-0.2, 0) is 0 Å². The zero-order chi connectivity index (χ0) is 6.85. The van der Waals surface area contributed by atoms with Gasteiger partial charge in [0.1, 0.15) is 11.6 Å². The predicted molar refractivity (Wildman–Crippen MR) is 41.7 cm³/mol. The van der Waals surface area contributed by atoms with Gasteiger partial charge in [-0.1, -0.05) is 0 Å². The van der Waals surface area contributed by atoms with Gasteiger partial charge in [0.25, 0.3) is 0 Å².